The number of carbonyl (C=O) groups is 1. The first-order valence-corrected chi connectivity index (χ1v) is 5.65. The summed E-state index contributed by atoms with van der Waals surface area (Å²) in [6, 6.07) is 3.79. The van der Waals surface area contributed by atoms with E-state index in [4.69, 9.17) is 0 Å². The van der Waals surface area contributed by atoms with E-state index >= 15 is 0 Å². The molecule has 0 amide bonds. The fourth-order valence-corrected chi connectivity index (χ4v) is 2.29. The minimum absolute atomic E-state index is 0.142. The fraction of sp³-hybridized carbons (Fsp3) is 0.364. The molecule has 0 unspecified atom stereocenters. The molecule has 0 N–H and O–H groups in total. The molecule has 3 heteroatoms. The highest BCUT2D eigenvalue weighted by Crippen LogP contribution is 2.20. The third-order valence-electron chi connectivity index (χ3n) is 2.48. The summed E-state index contributed by atoms with van der Waals surface area (Å²) in [6.45, 7) is 1.07. The van der Waals surface area contributed by atoms with Crippen LogP contribution >= 0.6 is 11.3 Å². The van der Waals surface area contributed by atoms with Crippen molar-refractivity contribution in [3.8, 4) is 0 Å². The summed E-state index contributed by atoms with van der Waals surface area (Å²) in [5.41, 5.74) is 1.17. The van der Waals surface area contributed by atoms with Gasteiger partial charge in [-0.25, -0.2) is 0 Å². The van der Waals surface area contributed by atoms with Crippen molar-refractivity contribution in [2.75, 3.05) is 13.6 Å². The van der Waals surface area contributed by atoms with Crippen LogP contribution in [0, 0.1) is 0 Å². The first kappa shape index (κ1) is 9.46. The summed E-state index contributed by atoms with van der Waals surface area (Å²) < 4.78 is 0. The third kappa shape index (κ3) is 1.87. The zero-order valence-corrected chi connectivity index (χ0v) is 9.01. The lowest BCUT2D eigenvalue weighted by Gasteiger charge is -2.11. The van der Waals surface area contributed by atoms with Gasteiger partial charge in [0.05, 0.1) is 4.88 Å². The molecule has 2 nitrogen and oxygen atoms in total. The Bertz CT molecular complexity index is 353. The quantitative estimate of drug-likeness (QED) is 0.548. The number of likely N-dealkylation sites (tertiary alicyclic amines) is 1. The summed E-state index contributed by atoms with van der Waals surface area (Å²) in [7, 11) is 2.04. The standard InChI is InChI=1S/C11H13NOS/c1-12-6-2-4-9(12)8-10(13)11-5-3-7-14-11/h3,5,7-8H,2,4,6H2,1H3. The average molecular weight is 207 g/mol. The van der Waals surface area contributed by atoms with E-state index < -0.39 is 0 Å². The van der Waals surface area contributed by atoms with Gasteiger partial charge in [-0.15, -0.1) is 11.3 Å². The van der Waals surface area contributed by atoms with Crippen LogP contribution in [0.25, 0.3) is 0 Å². The second-order valence-corrected chi connectivity index (χ2v) is 4.45. The molecule has 1 aromatic rings. The molecular formula is C11H13NOS. The van der Waals surface area contributed by atoms with Gasteiger partial charge in [0.2, 0.25) is 0 Å². The van der Waals surface area contributed by atoms with E-state index in [1.54, 1.807) is 6.08 Å². The van der Waals surface area contributed by atoms with Crippen molar-refractivity contribution >= 4 is 17.1 Å². The number of hydrogen-bond acceptors (Lipinski definition) is 3. The summed E-state index contributed by atoms with van der Waals surface area (Å²) in [6.07, 6.45) is 3.98. The van der Waals surface area contributed by atoms with E-state index in [1.165, 1.54) is 23.5 Å². The molecule has 0 aliphatic carbocycles. The maximum Gasteiger partial charge on any atom is 0.197 e. The fourth-order valence-electron chi connectivity index (χ4n) is 1.66. The van der Waals surface area contributed by atoms with Crippen molar-refractivity contribution in [3.05, 3.63) is 34.2 Å². The molecular weight excluding hydrogens is 194 g/mol. The molecule has 1 aromatic heterocycles. The molecule has 1 aliphatic heterocycles. The Balaban J connectivity index is 2.14. The van der Waals surface area contributed by atoms with Crippen LogP contribution in [-0.2, 0) is 0 Å². The average Bonchev–Trinajstić information content (AvgIpc) is 2.77. The largest absolute Gasteiger partial charge is 0.378 e. The highest BCUT2D eigenvalue weighted by atomic mass is 32.1. The molecule has 1 aliphatic rings. The van der Waals surface area contributed by atoms with Gasteiger partial charge in [-0.1, -0.05) is 6.07 Å². The summed E-state index contributed by atoms with van der Waals surface area (Å²) in [5, 5.41) is 1.93. The molecule has 2 heterocycles. The predicted molar refractivity (Wildman–Crippen MR) is 58.6 cm³/mol. The minimum atomic E-state index is 0.142. The Kier molecular flexibility index (Phi) is 2.68. The molecule has 1 fully saturated rings. The van der Waals surface area contributed by atoms with Gasteiger partial charge in [-0.2, -0.15) is 0 Å². The predicted octanol–water partition coefficient (Wildman–Crippen LogP) is 2.54. The number of allylic oxidation sites excluding steroid dienone is 2. The summed E-state index contributed by atoms with van der Waals surface area (Å²) >= 11 is 1.50. The molecule has 14 heavy (non-hydrogen) atoms. The smallest absolute Gasteiger partial charge is 0.197 e. The molecule has 74 valence electrons. The molecule has 2 rings (SSSR count). The van der Waals surface area contributed by atoms with Gasteiger partial charge in [-0.3, -0.25) is 4.79 Å². The number of carbonyl (C=O) groups excluding carboxylic acids is 1. The highest BCUT2D eigenvalue weighted by Gasteiger charge is 2.14. The van der Waals surface area contributed by atoms with E-state index in [-0.39, 0.29) is 5.78 Å². The third-order valence-corrected chi connectivity index (χ3v) is 3.36. The monoisotopic (exact) mass is 207 g/mol. The van der Waals surface area contributed by atoms with Gasteiger partial charge < -0.3 is 4.90 Å². The van der Waals surface area contributed by atoms with Crippen LogP contribution in [0.2, 0.25) is 0 Å². The molecule has 0 spiro atoms. The topological polar surface area (TPSA) is 20.3 Å². The van der Waals surface area contributed by atoms with Crippen LogP contribution in [0.1, 0.15) is 22.5 Å². The molecule has 0 radical (unpaired) electrons. The van der Waals surface area contributed by atoms with Gasteiger partial charge in [0.25, 0.3) is 0 Å². The first-order chi connectivity index (χ1) is 6.77. The maximum atomic E-state index is 11.7. The van der Waals surface area contributed by atoms with E-state index in [0.29, 0.717) is 0 Å². The Morgan fingerprint density at radius 3 is 3.07 bits per heavy atom. The molecule has 1 saturated heterocycles. The minimum Gasteiger partial charge on any atom is -0.378 e. The number of hydrogen-bond donors (Lipinski definition) is 0. The normalized spacial score (nSPS) is 19.2. The molecule has 0 aromatic carbocycles. The van der Waals surface area contributed by atoms with E-state index in [9.17, 15) is 4.79 Å². The second kappa shape index (κ2) is 3.96. The Hall–Kier alpha value is -1.09. The maximum absolute atomic E-state index is 11.7. The Morgan fingerprint density at radius 2 is 2.50 bits per heavy atom. The van der Waals surface area contributed by atoms with Crippen LogP contribution in [0.15, 0.2) is 29.3 Å². The van der Waals surface area contributed by atoms with Crippen molar-refractivity contribution in [2.24, 2.45) is 0 Å². The van der Waals surface area contributed by atoms with Crippen LogP contribution < -0.4 is 0 Å². The zero-order valence-electron chi connectivity index (χ0n) is 8.19. The Labute approximate surface area is 87.9 Å². The van der Waals surface area contributed by atoms with Gasteiger partial charge in [-0.05, 0) is 24.3 Å². The summed E-state index contributed by atoms with van der Waals surface area (Å²) in [5.74, 6) is 0.142. The highest BCUT2D eigenvalue weighted by molar-refractivity contribution is 7.12. The lowest BCUT2D eigenvalue weighted by molar-refractivity contribution is 0.104. The van der Waals surface area contributed by atoms with Gasteiger partial charge in [0, 0.05) is 25.4 Å². The number of nitrogens with zero attached hydrogens (tertiary/aromatic N) is 1. The number of ketones is 1. The van der Waals surface area contributed by atoms with Crippen molar-refractivity contribution < 1.29 is 4.79 Å². The van der Waals surface area contributed by atoms with E-state index in [0.717, 1.165) is 17.8 Å². The lowest BCUT2D eigenvalue weighted by Crippen LogP contribution is -2.11. The van der Waals surface area contributed by atoms with Crippen LogP contribution in [0.5, 0.6) is 0 Å². The van der Waals surface area contributed by atoms with Crippen molar-refractivity contribution in [1.29, 1.82) is 0 Å². The SMILES string of the molecule is CN1CCCC1=CC(=O)c1cccs1. The zero-order chi connectivity index (χ0) is 9.97. The number of thiophene rings is 1. The van der Waals surface area contributed by atoms with Crippen molar-refractivity contribution in [1.82, 2.24) is 4.90 Å². The second-order valence-electron chi connectivity index (χ2n) is 3.50. The lowest BCUT2D eigenvalue weighted by atomic mass is 10.2. The number of rotatable bonds is 2. The van der Waals surface area contributed by atoms with E-state index in [2.05, 4.69) is 4.90 Å². The van der Waals surface area contributed by atoms with Gasteiger partial charge in [0.1, 0.15) is 0 Å². The molecule has 0 bridgehead atoms. The molecule has 0 atom stereocenters. The van der Waals surface area contributed by atoms with Gasteiger partial charge >= 0.3 is 0 Å². The van der Waals surface area contributed by atoms with Gasteiger partial charge in [0.15, 0.2) is 5.78 Å². The van der Waals surface area contributed by atoms with E-state index in [1.807, 2.05) is 24.6 Å². The van der Waals surface area contributed by atoms with Crippen molar-refractivity contribution in [2.45, 2.75) is 12.8 Å². The van der Waals surface area contributed by atoms with Crippen LogP contribution in [-0.4, -0.2) is 24.3 Å². The molecule has 0 saturated carbocycles. The summed E-state index contributed by atoms with van der Waals surface area (Å²) in [4.78, 5) is 14.7. The van der Waals surface area contributed by atoms with Crippen LogP contribution in [0.3, 0.4) is 0 Å². The Morgan fingerprint density at radius 1 is 1.64 bits per heavy atom. The first-order valence-electron chi connectivity index (χ1n) is 4.77. The van der Waals surface area contributed by atoms with Crippen molar-refractivity contribution in [3.63, 3.8) is 0 Å². The van der Waals surface area contributed by atoms with Crippen LogP contribution in [0.4, 0.5) is 0 Å².